The number of amides is 2. The number of nitrogens with two attached hydrogens (primary N) is 1. The van der Waals surface area contributed by atoms with Gasteiger partial charge in [-0.2, -0.15) is 0 Å². The van der Waals surface area contributed by atoms with Crippen molar-refractivity contribution >= 4 is 11.8 Å². The Morgan fingerprint density at radius 2 is 2.20 bits per heavy atom. The van der Waals surface area contributed by atoms with Crippen LogP contribution in [0.1, 0.15) is 32.1 Å². The molecule has 0 saturated carbocycles. The molecule has 0 unspecified atom stereocenters. The summed E-state index contributed by atoms with van der Waals surface area (Å²) in [7, 11) is 1.58. The van der Waals surface area contributed by atoms with E-state index in [-0.39, 0.29) is 24.3 Å². The molecule has 2 aliphatic rings. The highest BCUT2D eigenvalue weighted by Gasteiger charge is 2.45. The Bertz CT molecular complexity index is 361. The molecule has 0 aromatic rings. The van der Waals surface area contributed by atoms with Crippen LogP contribution in [0.25, 0.3) is 0 Å². The van der Waals surface area contributed by atoms with E-state index in [0.29, 0.717) is 26.1 Å². The van der Waals surface area contributed by atoms with E-state index >= 15 is 0 Å². The van der Waals surface area contributed by atoms with Gasteiger partial charge < -0.3 is 20.1 Å². The zero-order valence-corrected chi connectivity index (χ0v) is 12.1. The van der Waals surface area contributed by atoms with Crippen LogP contribution in [0.15, 0.2) is 0 Å². The molecule has 2 N–H and O–H groups in total. The summed E-state index contributed by atoms with van der Waals surface area (Å²) in [5, 5.41) is 0. The quantitative estimate of drug-likeness (QED) is 0.805. The van der Waals surface area contributed by atoms with Crippen molar-refractivity contribution in [3.05, 3.63) is 0 Å². The molecule has 0 aromatic carbocycles. The maximum absolute atomic E-state index is 12.8. The van der Waals surface area contributed by atoms with E-state index in [1.807, 2.05) is 0 Å². The van der Waals surface area contributed by atoms with Gasteiger partial charge in [0.05, 0.1) is 12.5 Å². The van der Waals surface area contributed by atoms with Gasteiger partial charge in [-0.25, -0.2) is 0 Å². The number of carbonyl (C=O) groups excluding carboxylic acids is 2. The predicted molar refractivity (Wildman–Crippen MR) is 72.9 cm³/mol. The van der Waals surface area contributed by atoms with Crippen molar-refractivity contribution in [2.75, 3.05) is 33.4 Å². The summed E-state index contributed by atoms with van der Waals surface area (Å²) in [5.41, 5.74) is 4.50. The Balaban J connectivity index is 2.08. The summed E-state index contributed by atoms with van der Waals surface area (Å²) in [6, 6.07) is 0. The molecule has 114 valence electrons. The average molecular weight is 284 g/mol. The molecule has 0 aliphatic carbocycles. The fourth-order valence-electron chi connectivity index (χ4n) is 3.11. The number of nitrogens with zero attached hydrogens (tertiary/aromatic N) is 1. The molecule has 0 aromatic heterocycles. The van der Waals surface area contributed by atoms with Crippen molar-refractivity contribution < 1.29 is 19.1 Å². The summed E-state index contributed by atoms with van der Waals surface area (Å²) in [6.45, 7) is 1.92. The number of primary amides is 1. The smallest absolute Gasteiger partial charge is 0.257 e. The van der Waals surface area contributed by atoms with Crippen molar-refractivity contribution in [3.63, 3.8) is 0 Å². The maximum Gasteiger partial charge on any atom is 0.257 e. The van der Waals surface area contributed by atoms with Crippen LogP contribution in [-0.4, -0.2) is 55.7 Å². The minimum atomic E-state index is -0.869. The molecule has 2 saturated heterocycles. The molecular formula is C14H24N2O4. The van der Waals surface area contributed by atoms with E-state index in [1.54, 1.807) is 12.0 Å². The van der Waals surface area contributed by atoms with Crippen LogP contribution in [0, 0.1) is 5.92 Å². The normalized spacial score (nSPS) is 31.1. The highest BCUT2D eigenvalue weighted by Crippen LogP contribution is 2.29. The number of hydrogen-bond acceptors (Lipinski definition) is 4. The minimum Gasteiger partial charge on any atom is -0.381 e. The van der Waals surface area contributed by atoms with E-state index in [0.717, 1.165) is 25.7 Å². The molecular weight excluding hydrogens is 260 g/mol. The number of carbonyl (C=O) groups is 2. The van der Waals surface area contributed by atoms with Gasteiger partial charge in [0.1, 0.15) is 0 Å². The van der Waals surface area contributed by atoms with E-state index in [2.05, 4.69) is 0 Å². The second-order valence-corrected chi connectivity index (χ2v) is 5.73. The highest BCUT2D eigenvalue weighted by molar-refractivity contribution is 5.86. The van der Waals surface area contributed by atoms with Crippen LogP contribution < -0.4 is 5.73 Å². The molecule has 2 rings (SSSR count). The summed E-state index contributed by atoms with van der Waals surface area (Å²) < 4.78 is 11.0. The van der Waals surface area contributed by atoms with Crippen molar-refractivity contribution in [2.24, 2.45) is 11.7 Å². The number of piperidine rings is 1. The van der Waals surface area contributed by atoms with E-state index < -0.39 is 5.60 Å². The average Bonchev–Trinajstić information content (AvgIpc) is 2.48. The van der Waals surface area contributed by atoms with Crippen molar-refractivity contribution in [2.45, 2.75) is 37.7 Å². The largest absolute Gasteiger partial charge is 0.381 e. The summed E-state index contributed by atoms with van der Waals surface area (Å²) in [5.74, 6) is -0.617. The van der Waals surface area contributed by atoms with Gasteiger partial charge in [0.25, 0.3) is 5.91 Å². The molecule has 0 bridgehead atoms. The number of ether oxygens (including phenoxy) is 2. The lowest BCUT2D eigenvalue weighted by Gasteiger charge is -2.41. The Labute approximate surface area is 119 Å². The summed E-state index contributed by atoms with van der Waals surface area (Å²) >= 11 is 0. The van der Waals surface area contributed by atoms with Crippen LogP contribution in [0.4, 0.5) is 0 Å². The lowest BCUT2D eigenvalue weighted by Crippen LogP contribution is -2.57. The second-order valence-electron chi connectivity index (χ2n) is 5.73. The first-order valence-corrected chi connectivity index (χ1v) is 7.30. The standard InChI is InChI=1S/C14H24N2O4/c1-19-10-14(6-2-3-8-20-14)13(18)16-7-4-5-11(9-16)12(15)17/h11H,2-10H2,1H3,(H2,15,17)/t11-,14-/m0/s1. The second kappa shape index (κ2) is 6.54. The molecule has 2 amide bonds. The molecule has 2 heterocycles. The fraction of sp³-hybridized carbons (Fsp3) is 0.857. The Kier molecular flexibility index (Phi) is 4.99. The van der Waals surface area contributed by atoms with Gasteiger partial charge in [0.15, 0.2) is 5.60 Å². The van der Waals surface area contributed by atoms with Crippen LogP contribution in [-0.2, 0) is 19.1 Å². The predicted octanol–water partition coefficient (Wildman–Crippen LogP) is 0.296. The lowest BCUT2D eigenvalue weighted by atomic mass is 9.90. The Hall–Kier alpha value is -1.14. The van der Waals surface area contributed by atoms with Gasteiger partial charge >= 0.3 is 0 Å². The molecule has 2 aliphatic heterocycles. The van der Waals surface area contributed by atoms with E-state index in [1.165, 1.54) is 0 Å². The monoisotopic (exact) mass is 284 g/mol. The minimum absolute atomic E-state index is 0.0509. The van der Waals surface area contributed by atoms with Gasteiger partial charge in [-0.3, -0.25) is 9.59 Å². The first kappa shape index (κ1) is 15.3. The molecule has 20 heavy (non-hydrogen) atoms. The van der Waals surface area contributed by atoms with E-state index in [4.69, 9.17) is 15.2 Å². The van der Waals surface area contributed by atoms with Gasteiger partial charge in [0.2, 0.25) is 5.91 Å². The van der Waals surface area contributed by atoms with Crippen molar-refractivity contribution in [3.8, 4) is 0 Å². The first-order chi connectivity index (χ1) is 9.59. The zero-order chi connectivity index (χ0) is 14.6. The Morgan fingerprint density at radius 1 is 1.40 bits per heavy atom. The van der Waals surface area contributed by atoms with Gasteiger partial charge in [-0.05, 0) is 32.1 Å². The Morgan fingerprint density at radius 3 is 2.80 bits per heavy atom. The molecule has 2 atom stereocenters. The molecule has 0 radical (unpaired) electrons. The van der Waals surface area contributed by atoms with Gasteiger partial charge in [-0.1, -0.05) is 0 Å². The SMILES string of the molecule is COC[C@]1(C(=O)N2CCC[C@H](C(N)=O)C2)CCCCO1. The van der Waals surface area contributed by atoms with Crippen LogP contribution >= 0.6 is 0 Å². The zero-order valence-electron chi connectivity index (χ0n) is 12.1. The summed E-state index contributed by atoms with van der Waals surface area (Å²) in [6.07, 6.45) is 4.18. The summed E-state index contributed by atoms with van der Waals surface area (Å²) in [4.78, 5) is 25.9. The van der Waals surface area contributed by atoms with Crippen LogP contribution in [0.2, 0.25) is 0 Å². The highest BCUT2D eigenvalue weighted by atomic mass is 16.5. The molecule has 6 heteroatoms. The first-order valence-electron chi connectivity index (χ1n) is 7.30. The lowest BCUT2D eigenvalue weighted by molar-refractivity contribution is -0.175. The topological polar surface area (TPSA) is 81.9 Å². The number of methoxy groups -OCH3 is 1. The number of likely N-dealkylation sites (tertiary alicyclic amines) is 1. The van der Waals surface area contributed by atoms with E-state index in [9.17, 15) is 9.59 Å². The number of hydrogen-bond donors (Lipinski definition) is 1. The molecule has 6 nitrogen and oxygen atoms in total. The van der Waals surface area contributed by atoms with Gasteiger partial charge in [-0.15, -0.1) is 0 Å². The van der Waals surface area contributed by atoms with Crippen LogP contribution in [0.5, 0.6) is 0 Å². The van der Waals surface area contributed by atoms with Crippen molar-refractivity contribution in [1.29, 1.82) is 0 Å². The fourth-order valence-corrected chi connectivity index (χ4v) is 3.11. The van der Waals surface area contributed by atoms with Gasteiger partial charge in [0, 0.05) is 26.8 Å². The third-order valence-corrected chi connectivity index (χ3v) is 4.23. The molecule has 0 spiro atoms. The third kappa shape index (κ3) is 3.12. The third-order valence-electron chi connectivity index (χ3n) is 4.23. The van der Waals surface area contributed by atoms with Crippen LogP contribution in [0.3, 0.4) is 0 Å². The number of rotatable bonds is 4. The van der Waals surface area contributed by atoms with Crippen molar-refractivity contribution in [1.82, 2.24) is 4.90 Å². The molecule has 2 fully saturated rings. The maximum atomic E-state index is 12.8.